The highest BCUT2D eigenvalue weighted by molar-refractivity contribution is 8.01. The summed E-state index contributed by atoms with van der Waals surface area (Å²) >= 11 is 3.29. The number of methoxy groups -OCH3 is 1. The smallest absolute Gasteiger partial charge is 0.219 e. The van der Waals surface area contributed by atoms with E-state index >= 15 is 0 Å². The lowest BCUT2D eigenvalue weighted by molar-refractivity contribution is 0.218. The third-order valence-electron chi connectivity index (χ3n) is 4.24. The number of anilines is 2. The van der Waals surface area contributed by atoms with Crippen LogP contribution in [0.4, 0.5) is 11.6 Å². The van der Waals surface area contributed by atoms with Crippen LogP contribution in [0.2, 0.25) is 0 Å². The van der Waals surface area contributed by atoms with Gasteiger partial charge < -0.3 is 16.2 Å². The monoisotopic (exact) mass is 409 g/mol. The third-order valence-corrected chi connectivity index (χ3v) is 6.59. The third kappa shape index (κ3) is 3.66. The summed E-state index contributed by atoms with van der Waals surface area (Å²) in [5.74, 6) is 1.08. The Morgan fingerprint density at radius 3 is 2.54 bits per heavy atom. The Morgan fingerprint density at radius 1 is 1.07 bits per heavy atom. The van der Waals surface area contributed by atoms with E-state index in [1.165, 1.54) is 0 Å². The minimum atomic E-state index is 0.241. The van der Waals surface area contributed by atoms with E-state index in [0.29, 0.717) is 6.61 Å². The fraction of sp³-hybridized carbons (Fsp3) is 0.150. The van der Waals surface area contributed by atoms with Gasteiger partial charge >= 0.3 is 0 Å². The molecule has 0 saturated heterocycles. The molecule has 0 atom stereocenters. The van der Waals surface area contributed by atoms with E-state index in [0.717, 1.165) is 48.3 Å². The molecule has 0 saturated carbocycles. The Kier molecular flexibility index (Phi) is 5.43. The molecule has 4 N–H and O–H groups in total. The molecule has 6 nitrogen and oxygen atoms in total. The number of nitrogen functional groups attached to an aromatic ring is 2. The number of thiophene rings is 1. The lowest BCUT2D eigenvalue weighted by Crippen LogP contribution is -1.95. The Morgan fingerprint density at radius 2 is 1.82 bits per heavy atom. The van der Waals surface area contributed by atoms with Crippen LogP contribution in [-0.4, -0.2) is 34.4 Å². The number of benzene rings is 1. The van der Waals surface area contributed by atoms with Gasteiger partial charge in [-0.3, -0.25) is 0 Å². The van der Waals surface area contributed by atoms with Crippen LogP contribution in [0.25, 0.3) is 32.6 Å². The molecule has 0 amide bonds. The first-order chi connectivity index (χ1) is 13.7. The predicted octanol–water partition coefficient (Wildman–Crippen LogP) is 4.32. The summed E-state index contributed by atoms with van der Waals surface area (Å²) in [5, 5.41) is 0.983. The molecular weight excluding hydrogens is 390 g/mol. The molecule has 142 valence electrons. The zero-order chi connectivity index (χ0) is 19.5. The van der Waals surface area contributed by atoms with Crippen molar-refractivity contribution in [3.05, 3.63) is 48.8 Å². The van der Waals surface area contributed by atoms with Crippen molar-refractivity contribution in [2.24, 2.45) is 0 Å². The van der Waals surface area contributed by atoms with Gasteiger partial charge in [-0.2, -0.15) is 0 Å². The zero-order valence-electron chi connectivity index (χ0n) is 15.3. The van der Waals surface area contributed by atoms with Crippen molar-refractivity contribution in [1.82, 2.24) is 15.0 Å². The van der Waals surface area contributed by atoms with Crippen molar-refractivity contribution in [3.63, 3.8) is 0 Å². The lowest BCUT2D eigenvalue weighted by atomic mass is 10.0. The van der Waals surface area contributed by atoms with E-state index in [2.05, 4.69) is 22.1 Å². The van der Waals surface area contributed by atoms with Gasteiger partial charge in [0.25, 0.3) is 0 Å². The molecule has 0 aliphatic rings. The molecule has 0 aliphatic heterocycles. The van der Waals surface area contributed by atoms with Crippen LogP contribution < -0.4 is 11.5 Å². The van der Waals surface area contributed by atoms with Crippen molar-refractivity contribution in [2.75, 3.05) is 30.9 Å². The predicted molar refractivity (Wildman–Crippen MR) is 118 cm³/mol. The van der Waals surface area contributed by atoms with Crippen molar-refractivity contribution in [3.8, 4) is 22.4 Å². The maximum atomic E-state index is 6.54. The Labute approximate surface area is 171 Å². The summed E-state index contributed by atoms with van der Waals surface area (Å²) < 4.78 is 6.22. The molecule has 0 fully saturated rings. The van der Waals surface area contributed by atoms with Gasteiger partial charge in [0.2, 0.25) is 5.95 Å². The van der Waals surface area contributed by atoms with Crippen molar-refractivity contribution >= 4 is 45.0 Å². The van der Waals surface area contributed by atoms with Gasteiger partial charge in [0.05, 0.1) is 22.2 Å². The largest absolute Gasteiger partial charge is 0.397 e. The molecule has 4 rings (SSSR count). The summed E-state index contributed by atoms with van der Waals surface area (Å²) in [7, 11) is 1.70. The molecule has 3 heterocycles. The molecule has 0 aliphatic carbocycles. The minimum absolute atomic E-state index is 0.241. The van der Waals surface area contributed by atoms with Crippen molar-refractivity contribution in [2.45, 2.75) is 4.21 Å². The molecule has 4 aromatic rings. The fourth-order valence-electron chi connectivity index (χ4n) is 2.89. The first-order valence-corrected chi connectivity index (χ1v) is 10.5. The summed E-state index contributed by atoms with van der Waals surface area (Å²) in [6.45, 7) is 0.672. The van der Waals surface area contributed by atoms with E-state index in [9.17, 15) is 0 Å². The van der Waals surface area contributed by atoms with E-state index in [1.54, 1.807) is 42.6 Å². The zero-order valence-corrected chi connectivity index (χ0v) is 16.9. The Balaban J connectivity index is 1.90. The summed E-state index contributed by atoms with van der Waals surface area (Å²) in [6, 6.07) is 12.2. The van der Waals surface area contributed by atoms with E-state index in [4.69, 9.17) is 21.2 Å². The number of pyridine rings is 1. The second kappa shape index (κ2) is 8.14. The first kappa shape index (κ1) is 18.7. The van der Waals surface area contributed by atoms with Crippen LogP contribution in [0.1, 0.15) is 0 Å². The summed E-state index contributed by atoms with van der Waals surface area (Å²) in [5.41, 5.74) is 16.7. The normalized spacial score (nSPS) is 11.2. The van der Waals surface area contributed by atoms with E-state index in [-0.39, 0.29) is 5.95 Å². The lowest BCUT2D eigenvalue weighted by Gasteiger charge is -2.08. The van der Waals surface area contributed by atoms with Gasteiger partial charge in [-0.05, 0) is 17.2 Å². The number of hydrogen-bond acceptors (Lipinski definition) is 8. The van der Waals surface area contributed by atoms with Gasteiger partial charge in [-0.25, -0.2) is 15.0 Å². The second-order valence-electron chi connectivity index (χ2n) is 6.08. The van der Waals surface area contributed by atoms with Gasteiger partial charge in [0, 0.05) is 36.2 Å². The second-order valence-corrected chi connectivity index (χ2v) is 8.44. The Hall–Kier alpha value is -2.68. The van der Waals surface area contributed by atoms with Gasteiger partial charge in [0.1, 0.15) is 4.83 Å². The molecule has 0 unspecified atom stereocenters. The SMILES string of the molecule is COCCSc1sc2nc(-c3cnc(N)nc3)cc(-c3ccccc3)c2c1N. The molecule has 0 bridgehead atoms. The number of nitrogens with zero attached hydrogens (tertiary/aromatic N) is 3. The highest BCUT2D eigenvalue weighted by Gasteiger charge is 2.18. The van der Waals surface area contributed by atoms with E-state index < -0.39 is 0 Å². The van der Waals surface area contributed by atoms with Crippen LogP contribution in [0.3, 0.4) is 0 Å². The van der Waals surface area contributed by atoms with Crippen LogP contribution in [0.15, 0.2) is 53.0 Å². The van der Waals surface area contributed by atoms with Gasteiger partial charge in [0.15, 0.2) is 0 Å². The molecule has 1 aromatic carbocycles. The first-order valence-electron chi connectivity index (χ1n) is 8.65. The van der Waals surface area contributed by atoms with Crippen LogP contribution in [0.5, 0.6) is 0 Å². The summed E-state index contributed by atoms with van der Waals surface area (Å²) in [6.07, 6.45) is 3.38. The summed E-state index contributed by atoms with van der Waals surface area (Å²) in [4.78, 5) is 13.9. The molecule has 28 heavy (non-hydrogen) atoms. The van der Waals surface area contributed by atoms with Crippen LogP contribution in [0, 0.1) is 0 Å². The van der Waals surface area contributed by atoms with Gasteiger partial charge in [-0.1, -0.05) is 30.3 Å². The number of nitrogens with two attached hydrogens (primary N) is 2. The number of ether oxygens (including phenoxy) is 1. The minimum Gasteiger partial charge on any atom is -0.397 e. The topological polar surface area (TPSA) is 99.9 Å². The molecule has 0 radical (unpaired) electrons. The quantitative estimate of drug-likeness (QED) is 0.361. The number of aromatic nitrogens is 3. The number of fused-ring (bicyclic) bond motifs is 1. The van der Waals surface area contributed by atoms with Gasteiger partial charge in [-0.15, -0.1) is 23.1 Å². The maximum absolute atomic E-state index is 6.54. The highest BCUT2D eigenvalue weighted by atomic mass is 32.2. The molecule has 0 spiro atoms. The highest BCUT2D eigenvalue weighted by Crippen LogP contribution is 2.44. The van der Waals surface area contributed by atoms with Crippen LogP contribution in [-0.2, 0) is 4.74 Å². The van der Waals surface area contributed by atoms with E-state index in [1.807, 2.05) is 24.3 Å². The standard InChI is InChI=1S/C20H19N5OS2/c1-26-7-8-27-19-17(21)16-14(12-5-3-2-4-6-12)9-15(25-18(16)28-19)13-10-23-20(22)24-11-13/h2-6,9-11H,7-8,21H2,1H3,(H2,22,23,24). The number of thioether (sulfide) groups is 1. The van der Waals surface area contributed by atoms with Crippen LogP contribution >= 0.6 is 23.1 Å². The molecule has 3 aromatic heterocycles. The molecule has 8 heteroatoms. The van der Waals surface area contributed by atoms with Crippen molar-refractivity contribution in [1.29, 1.82) is 0 Å². The Bertz CT molecular complexity index is 1100. The fourth-order valence-corrected chi connectivity index (χ4v) is 5.16. The average Bonchev–Trinajstić information content (AvgIpc) is 3.04. The maximum Gasteiger partial charge on any atom is 0.219 e. The average molecular weight is 410 g/mol. The number of rotatable bonds is 6. The number of hydrogen-bond donors (Lipinski definition) is 2. The molecular formula is C20H19N5OS2. The van der Waals surface area contributed by atoms with Crippen molar-refractivity contribution < 1.29 is 4.74 Å².